The molecule has 9 heteroatoms. The molecule has 0 radical (unpaired) electrons. The molecule has 2 unspecified atom stereocenters. The number of carbonyl (C=O) groups excluding carboxylic acids is 2. The van der Waals surface area contributed by atoms with Crippen molar-refractivity contribution in [1.29, 1.82) is 0 Å². The molecule has 2 aliphatic rings. The van der Waals surface area contributed by atoms with E-state index in [1.54, 1.807) is 29.2 Å². The molecule has 2 N–H and O–H groups in total. The number of anilines is 1. The maximum atomic E-state index is 14.8. The number of nitrogens with zero attached hydrogens (tertiary/aromatic N) is 1. The molecule has 4 rings (SSSR count). The first-order valence-electron chi connectivity index (χ1n) is 10.5. The van der Waals surface area contributed by atoms with Crippen LogP contribution in [0.5, 0.6) is 5.75 Å². The van der Waals surface area contributed by atoms with Gasteiger partial charge < -0.3 is 20.3 Å². The van der Waals surface area contributed by atoms with Crippen LogP contribution >= 0.6 is 11.6 Å². The van der Waals surface area contributed by atoms with Crippen molar-refractivity contribution < 1.29 is 23.1 Å². The van der Waals surface area contributed by atoms with Crippen LogP contribution in [-0.4, -0.2) is 43.1 Å². The van der Waals surface area contributed by atoms with Crippen LogP contribution in [0, 0.1) is 17.6 Å². The molecule has 3 amide bonds. The molecule has 0 bridgehead atoms. The van der Waals surface area contributed by atoms with Crippen molar-refractivity contribution in [3.63, 3.8) is 0 Å². The lowest BCUT2D eigenvalue weighted by Gasteiger charge is -2.39. The predicted octanol–water partition coefficient (Wildman–Crippen LogP) is 4.54. The second kappa shape index (κ2) is 9.32. The highest BCUT2D eigenvalue weighted by Crippen LogP contribution is 2.37. The molecule has 0 spiro atoms. The third-order valence-electron chi connectivity index (χ3n) is 5.93. The second-order valence-electron chi connectivity index (χ2n) is 8.17. The molecule has 32 heavy (non-hydrogen) atoms. The minimum Gasteiger partial charge on any atom is -0.497 e. The number of methoxy groups -OCH3 is 1. The van der Waals surface area contributed by atoms with Crippen LogP contribution in [0.4, 0.5) is 19.3 Å². The third kappa shape index (κ3) is 4.96. The van der Waals surface area contributed by atoms with E-state index in [1.165, 1.54) is 7.11 Å². The highest BCUT2D eigenvalue weighted by Gasteiger charge is 2.40. The number of nitrogens with one attached hydrogen (secondary N) is 2. The number of piperidine rings is 1. The van der Waals surface area contributed by atoms with Crippen LogP contribution < -0.4 is 15.4 Å². The summed E-state index contributed by atoms with van der Waals surface area (Å²) in [5.74, 6) is -1.98. The largest absolute Gasteiger partial charge is 0.497 e. The van der Waals surface area contributed by atoms with E-state index in [2.05, 4.69) is 10.6 Å². The number of amides is 3. The molecule has 1 saturated heterocycles. The lowest BCUT2D eigenvalue weighted by Crippen LogP contribution is -2.54. The van der Waals surface area contributed by atoms with Crippen LogP contribution in [0.25, 0.3) is 0 Å². The minimum absolute atomic E-state index is 0.0181. The zero-order valence-electron chi connectivity index (χ0n) is 17.5. The third-order valence-corrected chi connectivity index (χ3v) is 6.18. The van der Waals surface area contributed by atoms with Gasteiger partial charge in [-0.3, -0.25) is 4.79 Å². The molecule has 2 aromatic rings. The van der Waals surface area contributed by atoms with Gasteiger partial charge in [0.1, 0.15) is 17.4 Å². The Hall–Kier alpha value is -2.87. The molecule has 2 fully saturated rings. The Morgan fingerprint density at radius 1 is 1.09 bits per heavy atom. The normalized spacial score (nSPS) is 20.6. The molecule has 1 aliphatic carbocycles. The van der Waals surface area contributed by atoms with E-state index in [0.717, 1.165) is 25.0 Å². The molecule has 1 heterocycles. The van der Waals surface area contributed by atoms with Gasteiger partial charge in [0.05, 0.1) is 13.2 Å². The number of likely N-dealkylation sites (tertiary alicyclic amines) is 1. The van der Waals surface area contributed by atoms with Crippen molar-refractivity contribution in [2.45, 2.75) is 31.2 Å². The number of urea groups is 1. The summed E-state index contributed by atoms with van der Waals surface area (Å²) in [7, 11) is 1.33. The highest BCUT2D eigenvalue weighted by molar-refractivity contribution is 6.30. The van der Waals surface area contributed by atoms with Crippen molar-refractivity contribution in [2.24, 2.45) is 5.92 Å². The summed E-state index contributed by atoms with van der Waals surface area (Å²) >= 11 is 5.87. The smallest absolute Gasteiger partial charge is 0.319 e. The summed E-state index contributed by atoms with van der Waals surface area (Å²) in [5, 5.41) is 6.04. The van der Waals surface area contributed by atoms with E-state index in [-0.39, 0.29) is 29.7 Å². The van der Waals surface area contributed by atoms with Gasteiger partial charge in [0, 0.05) is 53.3 Å². The first-order valence-corrected chi connectivity index (χ1v) is 10.9. The van der Waals surface area contributed by atoms with E-state index < -0.39 is 29.6 Å². The molecule has 0 aromatic heterocycles. The van der Waals surface area contributed by atoms with E-state index in [9.17, 15) is 18.4 Å². The van der Waals surface area contributed by atoms with Crippen molar-refractivity contribution >= 4 is 29.2 Å². The fourth-order valence-electron chi connectivity index (χ4n) is 4.13. The Labute approximate surface area is 189 Å². The molecular formula is C23H24ClF2N3O3. The number of halogens is 3. The van der Waals surface area contributed by atoms with E-state index in [1.807, 2.05) is 0 Å². The van der Waals surface area contributed by atoms with E-state index in [4.69, 9.17) is 16.3 Å². The summed E-state index contributed by atoms with van der Waals surface area (Å²) in [6.07, 6.45) is 2.04. The quantitative estimate of drug-likeness (QED) is 0.683. The van der Waals surface area contributed by atoms with Crippen LogP contribution in [0.2, 0.25) is 5.02 Å². The Morgan fingerprint density at radius 3 is 2.34 bits per heavy atom. The minimum atomic E-state index is -0.737. The summed E-state index contributed by atoms with van der Waals surface area (Å²) in [6, 6.07) is 7.62. The van der Waals surface area contributed by atoms with Crippen LogP contribution in [0.1, 0.15) is 30.7 Å². The Balaban J connectivity index is 1.56. The number of hydrogen-bond donors (Lipinski definition) is 2. The van der Waals surface area contributed by atoms with Crippen molar-refractivity contribution in [3.05, 3.63) is 58.6 Å². The van der Waals surface area contributed by atoms with Gasteiger partial charge in [-0.2, -0.15) is 0 Å². The Kier molecular flexibility index (Phi) is 6.50. The van der Waals surface area contributed by atoms with Gasteiger partial charge in [0.15, 0.2) is 0 Å². The fourth-order valence-corrected chi connectivity index (χ4v) is 4.26. The summed E-state index contributed by atoms with van der Waals surface area (Å²) in [4.78, 5) is 26.9. The van der Waals surface area contributed by atoms with Crippen molar-refractivity contribution in [2.75, 3.05) is 25.5 Å². The second-order valence-corrected chi connectivity index (χ2v) is 8.61. The van der Waals surface area contributed by atoms with Gasteiger partial charge in [-0.15, -0.1) is 0 Å². The lowest BCUT2D eigenvalue weighted by atomic mass is 9.84. The van der Waals surface area contributed by atoms with Gasteiger partial charge in [0.25, 0.3) is 0 Å². The summed E-state index contributed by atoms with van der Waals surface area (Å²) in [5.41, 5.74) is 0.410. The maximum absolute atomic E-state index is 14.8. The number of hydrogen-bond acceptors (Lipinski definition) is 3. The molecule has 2 atom stereocenters. The Morgan fingerprint density at radius 2 is 1.75 bits per heavy atom. The topological polar surface area (TPSA) is 70.7 Å². The first kappa shape index (κ1) is 22.3. The summed E-state index contributed by atoms with van der Waals surface area (Å²) < 4.78 is 34.6. The Bertz CT molecular complexity index is 991. The molecule has 6 nitrogen and oxygen atoms in total. The molecule has 2 aromatic carbocycles. The molecule has 1 aliphatic heterocycles. The van der Waals surface area contributed by atoms with Gasteiger partial charge >= 0.3 is 6.03 Å². The van der Waals surface area contributed by atoms with Crippen molar-refractivity contribution in [3.8, 4) is 5.75 Å². The standard InChI is InChI=1S/C23H24ClF2N3O3/c1-32-16-10-18(25)21(19(26)11-16)17-8-9-29(22(30)13-2-3-13)12-20(17)28-23(31)27-15-6-4-14(24)5-7-15/h4-7,10-11,13,17,20H,2-3,8-9,12H2,1H3,(H2,27,28,31). The van der Waals surface area contributed by atoms with E-state index in [0.29, 0.717) is 23.7 Å². The molecule has 170 valence electrons. The van der Waals surface area contributed by atoms with Gasteiger partial charge in [0.2, 0.25) is 5.91 Å². The van der Waals surface area contributed by atoms with Crippen LogP contribution in [0.15, 0.2) is 36.4 Å². The van der Waals surface area contributed by atoms with Gasteiger partial charge in [-0.1, -0.05) is 11.6 Å². The first-order chi connectivity index (χ1) is 15.4. The van der Waals surface area contributed by atoms with Crippen molar-refractivity contribution in [1.82, 2.24) is 10.2 Å². The van der Waals surface area contributed by atoms with Gasteiger partial charge in [-0.05, 0) is 43.5 Å². The SMILES string of the molecule is COc1cc(F)c(C2CCN(C(=O)C3CC3)CC2NC(=O)Nc2ccc(Cl)cc2)c(F)c1. The maximum Gasteiger partial charge on any atom is 0.319 e. The number of rotatable bonds is 5. The average Bonchev–Trinajstić information content (AvgIpc) is 3.60. The predicted molar refractivity (Wildman–Crippen MR) is 117 cm³/mol. The zero-order valence-corrected chi connectivity index (χ0v) is 18.3. The number of benzene rings is 2. The molecular weight excluding hydrogens is 440 g/mol. The fraction of sp³-hybridized carbons (Fsp3) is 0.391. The number of carbonyl (C=O) groups is 2. The van der Waals surface area contributed by atoms with Gasteiger partial charge in [-0.25, -0.2) is 13.6 Å². The zero-order chi connectivity index (χ0) is 22.8. The van der Waals surface area contributed by atoms with Crippen LogP contribution in [0.3, 0.4) is 0 Å². The highest BCUT2D eigenvalue weighted by atomic mass is 35.5. The number of ether oxygens (including phenoxy) is 1. The monoisotopic (exact) mass is 463 g/mol. The average molecular weight is 464 g/mol. The summed E-state index contributed by atoms with van der Waals surface area (Å²) in [6.45, 7) is 0.556. The molecule has 1 saturated carbocycles. The van der Waals surface area contributed by atoms with Crippen LogP contribution in [-0.2, 0) is 4.79 Å². The van der Waals surface area contributed by atoms with E-state index >= 15 is 0 Å². The lowest BCUT2D eigenvalue weighted by molar-refractivity contribution is -0.134.